The van der Waals surface area contributed by atoms with E-state index in [2.05, 4.69) is 9.97 Å². The first-order valence-corrected chi connectivity index (χ1v) is 3.53. The average Bonchev–Trinajstić information content (AvgIpc) is 2.55. The van der Waals surface area contributed by atoms with Crippen LogP contribution in [0.25, 0.3) is 0 Å². The molecule has 0 aliphatic carbocycles. The van der Waals surface area contributed by atoms with Crippen molar-refractivity contribution in [3.8, 4) is 11.8 Å². The van der Waals surface area contributed by atoms with Crippen LogP contribution in [0.3, 0.4) is 0 Å². The van der Waals surface area contributed by atoms with Crippen molar-refractivity contribution in [3.63, 3.8) is 0 Å². The fraction of sp³-hybridized carbons (Fsp3) is 0.429. The Balaban J connectivity index is 0.000000281. The van der Waals surface area contributed by atoms with Gasteiger partial charge in [-0.1, -0.05) is 13.8 Å². The summed E-state index contributed by atoms with van der Waals surface area (Å²) in [6.45, 7) is 4.24. The van der Waals surface area contributed by atoms with Crippen LogP contribution in [0.5, 0.6) is 11.8 Å². The third kappa shape index (κ3) is 1.58. The van der Waals surface area contributed by atoms with E-state index >= 15 is 0 Å². The lowest BCUT2D eigenvalue weighted by Gasteiger charge is -1.87. The summed E-state index contributed by atoms with van der Waals surface area (Å²) in [4.78, 5) is 7.70. The topological polar surface area (TPSA) is 44.2 Å². The van der Waals surface area contributed by atoms with Crippen molar-refractivity contribution in [1.82, 2.24) is 9.97 Å². The third-order valence-electron chi connectivity index (χ3n) is 1.02. The zero-order chi connectivity index (χ0) is 8.10. The standard InChI is InChI=1S/C5H4N2O2.C2H6/c1-2-7-5-4(6-1)8-3-9-5;1-2/h1-2H,3H2;1-2H3. The van der Waals surface area contributed by atoms with Crippen LogP contribution in [0.4, 0.5) is 0 Å². The molecule has 0 aromatic carbocycles. The molecule has 1 aliphatic heterocycles. The van der Waals surface area contributed by atoms with Gasteiger partial charge in [-0.05, 0) is 0 Å². The largest absolute Gasteiger partial charge is 0.436 e. The predicted molar refractivity (Wildman–Crippen MR) is 39.5 cm³/mol. The first kappa shape index (κ1) is 7.78. The maximum Gasteiger partial charge on any atom is 0.281 e. The van der Waals surface area contributed by atoms with Gasteiger partial charge in [-0.15, -0.1) is 0 Å². The molecule has 0 bridgehead atoms. The molecule has 1 aromatic heterocycles. The third-order valence-corrected chi connectivity index (χ3v) is 1.02. The summed E-state index contributed by atoms with van der Waals surface area (Å²) in [6.07, 6.45) is 3.13. The van der Waals surface area contributed by atoms with Crippen molar-refractivity contribution in [2.24, 2.45) is 0 Å². The van der Waals surface area contributed by atoms with Crippen LogP contribution in [0.1, 0.15) is 13.8 Å². The average molecular weight is 154 g/mol. The van der Waals surface area contributed by atoms with Gasteiger partial charge in [-0.2, -0.15) is 0 Å². The molecule has 0 fully saturated rings. The quantitative estimate of drug-likeness (QED) is 0.563. The fourth-order valence-corrected chi connectivity index (χ4v) is 0.652. The second kappa shape index (κ2) is 3.75. The van der Waals surface area contributed by atoms with Crippen LogP contribution >= 0.6 is 0 Å². The summed E-state index contributed by atoms with van der Waals surface area (Å²) >= 11 is 0. The molecule has 4 nitrogen and oxygen atoms in total. The van der Waals surface area contributed by atoms with Crippen LogP contribution in [0.2, 0.25) is 0 Å². The Morgan fingerprint density at radius 1 is 1.09 bits per heavy atom. The number of fused-ring (bicyclic) bond motifs is 1. The highest BCUT2D eigenvalue weighted by atomic mass is 16.7. The van der Waals surface area contributed by atoms with Gasteiger partial charge in [-0.3, -0.25) is 0 Å². The molecule has 60 valence electrons. The Morgan fingerprint density at radius 3 is 2.00 bits per heavy atom. The molecule has 4 heteroatoms. The highest BCUT2D eigenvalue weighted by Crippen LogP contribution is 2.24. The van der Waals surface area contributed by atoms with Crippen molar-refractivity contribution < 1.29 is 9.47 Å². The summed E-state index contributed by atoms with van der Waals surface area (Å²) in [7, 11) is 0. The lowest BCUT2D eigenvalue weighted by Crippen LogP contribution is -1.93. The Kier molecular flexibility index (Phi) is 2.66. The minimum absolute atomic E-state index is 0.235. The summed E-state index contributed by atoms with van der Waals surface area (Å²) in [6, 6.07) is 0. The number of rotatable bonds is 0. The van der Waals surface area contributed by atoms with Gasteiger partial charge in [0.05, 0.1) is 0 Å². The Bertz CT molecular complexity index is 204. The number of aromatic nitrogens is 2. The number of ether oxygens (including phenoxy) is 2. The van der Waals surface area contributed by atoms with Crippen LogP contribution < -0.4 is 9.47 Å². The molecule has 0 saturated carbocycles. The van der Waals surface area contributed by atoms with E-state index in [0.717, 1.165) is 0 Å². The van der Waals surface area contributed by atoms with Gasteiger partial charge in [-0.25, -0.2) is 9.97 Å². The van der Waals surface area contributed by atoms with Gasteiger partial charge in [0.25, 0.3) is 11.8 Å². The maximum atomic E-state index is 4.90. The second-order valence-corrected chi connectivity index (χ2v) is 1.57. The molecule has 0 atom stereocenters. The zero-order valence-electron chi connectivity index (χ0n) is 6.57. The normalized spacial score (nSPS) is 11.8. The smallest absolute Gasteiger partial charge is 0.281 e. The van der Waals surface area contributed by atoms with Gasteiger partial charge >= 0.3 is 0 Å². The molecule has 0 unspecified atom stereocenters. The van der Waals surface area contributed by atoms with Crippen molar-refractivity contribution in [2.75, 3.05) is 6.79 Å². The molecule has 0 radical (unpaired) electrons. The Labute approximate surface area is 65.2 Å². The Morgan fingerprint density at radius 2 is 1.55 bits per heavy atom. The van der Waals surface area contributed by atoms with Crippen LogP contribution in [-0.2, 0) is 0 Å². The van der Waals surface area contributed by atoms with E-state index in [4.69, 9.17) is 9.47 Å². The summed E-state index contributed by atoms with van der Waals surface area (Å²) in [5.74, 6) is 0.968. The summed E-state index contributed by atoms with van der Waals surface area (Å²) in [5.41, 5.74) is 0. The molecule has 11 heavy (non-hydrogen) atoms. The first-order chi connectivity index (χ1) is 5.47. The van der Waals surface area contributed by atoms with E-state index in [0.29, 0.717) is 11.8 Å². The highest BCUT2D eigenvalue weighted by molar-refractivity contribution is 5.25. The molecule has 0 saturated heterocycles. The highest BCUT2D eigenvalue weighted by Gasteiger charge is 2.13. The number of hydrogen-bond donors (Lipinski definition) is 0. The van der Waals surface area contributed by atoms with E-state index in [9.17, 15) is 0 Å². The van der Waals surface area contributed by atoms with Gasteiger partial charge < -0.3 is 9.47 Å². The molecule has 1 aliphatic rings. The molecule has 0 amide bonds. The van der Waals surface area contributed by atoms with Gasteiger partial charge in [0.15, 0.2) is 0 Å². The molecular formula is C7H10N2O2. The van der Waals surface area contributed by atoms with Crippen molar-refractivity contribution >= 4 is 0 Å². The molecule has 0 spiro atoms. The van der Waals surface area contributed by atoms with Crippen molar-refractivity contribution in [2.45, 2.75) is 13.8 Å². The Hall–Kier alpha value is -1.32. The van der Waals surface area contributed by atoms with E-state index in [-0.39, 0.29) is 6.79 Å². The number of hydrogen-bond acceptors (Lipinski definition) is 4. The molecule has 0 N–H and O–H groups in total. The van der Waals surface area contributed by atoms with Crippen LogP contribution in [0.15, 0.2) is 12.4 Å². The van der Waals surface area contributed by atoms with E-state index in [1.807, 2.05) is 13.8 Å². The van der Waals surface area contributed by atoms with Crippen molar-refractivity contribution in [1.29, 1.82) is 0 Å². The summed E-state index contributed by atoms with van der Waals surface area (Å²) in [5, 5.41) is 0. The second-order valence-electron chi connectivity index (χ2n) is 1.57. The predicted octanol–water partition coefficient (Wildman–Crippen LogP) is 1.23. The zero-order valence-corrected chi connectivity index (χ0v) is 6.57. The molecule has 2 heterocycles. The van der Waals surface area contributed by atoms with Crippen LogP contribution in [0, 0.1) is 0 Å². The molecule has 2 rings (SSSR count). The lowest BCUT2D eigenvalue weighted by atomic mass is 10.7. The fourth-order valence-electron chi connectivity index (χ4n) is 0.652. The van der Waals surface area contributed by atoms with Gasteiger partial charge in [0.2, 0.25) is 6.79 Å². The monoisotopic (exact) mass is 154 g/mol. The minimum Gasteiger partial charge on any atom is -0.436 e. The maximum absolute atomic E-state index is 4.90. The number of nitrogens with zero attached hydrogens (tertiary/aromatic N) is 2. The minimum atomic E-state index is 0.235. The van der Waals surface area contributed by atoms with Crippen LogP contribution in [-0.4, -0.2) is 16.8 Å². The lowest BCUT2D eigenvalue weighted by molar-refractivity contribution is 0.168. The first-order valence-electron chi connectivity index (χ1n) is 3.53. The van der Waals surface area contributed by atoms with Crippen molar-refractivity contribution in [3.05, 3.63) is 12.4 Å². The molecule has 1 aromatic rings. The van der Waals surface area contributed by atoms with E-state index < -0.39 is 0 Å². The molecular weight excluding hydrogens is 144 g/mol. The van der Waals surface area contributed by atoms with E-state index in [1.54, 1.807) is 12.4 Å². The van der Waals surface area contributed by atoms with Gasteiger partial charge in [0, 0.05) is 12.4 Å². The van der Waals surface area contributed by atoms with E-state index in [1.165, 1.54) is 0 Å². The summed E-state index contributed by atoms with van der Waals surface area (Å²) < 4.78 is 9.81. The van der Waals surface area contributed by atoms with Gasteiger partial charge in [0.1, 0.15) is 0 Å². The SMILES string of the molecule is CC.c1cnc2c(n1)OCO2.